The van der Waals surface area contributed by atoms with Gasteiger partial charge in [-0.3, -0.25) is 0 Å². The summed E-state index contributed by atoms with van der Waals surface area (Å²) in [5.74, 6) is 0. The van der Waals surface area contributed by atoms with Gasteiger partial charge in [0.05, 0.1) is 0 Å². The fourth-order valence-corrected chi connectivity index (χ4v) is 0.849. The minimum Gasteiger partial charge on any atom is -1.00 e. The minimum atomic E-state index is 0. The molecule has 0 heterocycles. The van der Waals surface area contributed by atoms with Gasteiger partial charge in [0.15, 0.2) is 0 Å². The zero-order valence-corrected chi connectivity index (χ0v) is 8.76. The van der Waals surface area contributed by atoms with Crippen LogP contribution in [0.1, 0.15) is 12.0 Å². The Labute approximate surface area is 90.9 Å². The maximum atomic E-state index is 3.78. The second-order valence-corrected chi connectivity index (χ2v) is 2.09. The van der Waals surface area contributed by atoms with Crippen LogP contribution in [0, 0.1) is 6.92 Å². The van der Waals surface area contributed by atoms with Crippen molar-refractivity contribution in [2.45, 2.75) is 12.8 Å². The van der Waals surface area contributed by atoms with E-state index in [9.17, 15) is 0 Å². The summed E-state index contributed by atoms with van der Waals surface area (Å²) in [6, 6.07) is 10.4. The van der Waals surface area contributed by atoms with Gasteiger partial charge in [0.1, 0.15) is 0 Å². The second kappa shape index (κ2) is 8.37. The Morgan fingerprint density at radius 1 is 1.09 bits per heavy atom. The van der Waals surface area contributed by atoms with Gasteiger partial charge in [-0.15, -0.1) is 0 Å². The Hall–Kier alpha value is 0.276. The molecular formula is C9H11ClMg. The van der Waals surface area contributed by atoms with Crippen molar-refractivity contribution in [1.82, 2.24) is 0 Å². The molecule has 1 aromatic carbocycles. The SMILES string of the molecule is [CH2-]CCc1ccccc1.[Cl-].[Mg+2]. The van der Waals surface area contributed by atoms with E-state index in [1.165, 1.54) is 5.56 Å². The molecule has 0 saturated heterocycles. The van der Waals surface area contributed by atoms with Crippen LogP contribution in [-0.2, 0) is 6.42 Å². The number of benzene rings is 1. The zero-order valence-electron chi connectivity index (χ0n) is 6.59. The van der Waals surface area contributed by atoms with E-state index < -0.39 is 0 Å². The van der Waals surface area contributed by atoms with Gasteiger partial charge in [-0.25, -0.2) is 0 Å². The Morgan fingerprint density at radius 3 is 2.09 bits per heavy atom. The van der Waals surface area contributed by atoms with Crippen molar-refractivity contribution in [2.24, 2.45) is 0 Å². The van der Waals surface area contributed by atoms with E-state index in [0.29, 0.717) is 0 Å². The van der Waals surface area contributed by atoms with Crippen LogP contribution in [0.2, 0.25) is 0 Å². The maximum absolute atomic E-state index is 3.78. The molecule has 0 bridgehead atoms. The van der Waals surface area contributed by atoms with Crippen LogP contribution in [-0.4, -0.2) is 23.1 Å². The van der Waals surface area contributed by atoms with Crippen molar-refractivity contribution in [3.05, 3.63) is 42.8 Å². The molecule has 11 heavy (non-hydrogen) atoms. The Morgan fingerprint density at radius 2 is 1.64 bits per heavy atom. The molecular weight excluding hydrogens is 168 g/mol. The standard InChI is InChI=1S/C9H11.ClH.Mg/c1-2-6-9-7-4-3-5-8-9;;/h3-5,7-8H,1-2,6H2;1H;/q-1;;+2/p-1. The van der Waals surface area contributed by atoms with Crippen LogP contribution in [0.5, 0.6) is 0 Å². The summed E-state index contributed by atoms with van der Waals surface area (Å²) in [5.41, 5.74) is 1.38. The van der Waals surface area contributed by atoms with E-state index >= 15 is 0 Å². The third-order valence-electron chi connectivity index (χ3n) is 1.31. The number of halogens is 1. The second-order valence-electron chi connectivity index (χ2n) is 2.09. The van der Waals surface area contributed by atoms with Crippen LogP contribution >= 0.6 is 0 Å². The molecule has 0 aliphatic carbocycles. The Bertz CT molecular complexity index is 162. The van der Waals surface area contributed by atoms with E-state index in [1.54, 1.807) is 0 Å². The number of rotatable bonds is 2. The first-order chi connectivity index (χ1) is 4.43. The molecule has 0 unspecified atom stereocenters. The molecule has 0 amide bonds. The minimum absolute atomic E-state index is 0. The van der Waals surface area contributed by atoms with Crippen molar-refractivity contribution in [3.63, 3.8) is 0 Å². The van der Waals surface area contributed by atoms with Gasteiger partial charge < -0.3 is 19.3 Å². The van der Waals surface area contributed by atoms with E-state index in [1.807, 2.05) is 6.07 Å². The topological polar surface area (TPSA) is 0 Å². The van der Waals surface area contributed by atoms with Crippen molar-refractivity contribution < 1.29 is 12.4 Å². The van der Waals surface area contributed by atoms with Gasteiger partial charge in [0.25, 0.3) is 0 Å². The van der Waals surface area contributed by atoms with E-state index in [2.05, 4.69) is 31.2 Å². The normalized spacial score (nSPS) is 7.73. The molecule has 1 aromatic rings. The molecule has 0 N–H and O–H groups in total. The van der Waals surface area contributed by atoms with E-state index in [4.69, 9.17) is 0 Å². The monoisotopic (exact) mass is 178 g/mol. The van der Waals surface area contributed by atoms with Crippen molar-refractivity contribution in [1.29, 1.82) is 0 Å². The molecule has 0 spiro atoms. The maximum Gasteiger partial charge on any atom is 2.00 e. The van der Waals surface area contributed by atoms with Crippen LogP contribution in [0.15, 0.2) is 30.3 Å². The largest absolute Gasteiger partial charge is 2.00 e. The van der Waals surface area contributed by atoms with Crippen LogP contribution in [0.25, 0.3) is 0 Å². The molecule has 0 radical (unpaired) electrons. The van der Waals surface area contributed by atoms with Gasteiger partial charge >= 0.3 is 23.1 Å². The molecule has 0 nitrogen and oxygen atoms in total. The smallest absolute Gasteiger partial charge is 1.00 e. The predicted molar refractivity (Wildman–Crippen MR) is 45.9 cm³/mol. The summed E-state index contributed by atoms with van der Waals surface area (Å²) in [5, 5.41) is 0. The molecule has 0 fully saturated rings. The van der Waals surface area contributed by atoms with Crippen LogP contribution < -0.4 is 12.4 Å². The predicted octanol–water partition coefficient (Wildman–Crippen LogP) is -0.924. The van der Waals surface area contributed by atoms with Crippen molar-refractivity contribution in [3.8, 4) is 0 Å². The molecule has 2 heteroatoms. The fourth-order valence-electron chi connectivity index (χ4n) is 0.849. The average Bonchev–Trinajstić information content (AvgIpc) is 1.91. The summed E-state index contributed by atoms with van der Waals surface area (Å²) in [7, 11) is 0. The summed E-state index contributed by atoms with van der Waals surface area (Å²) >= 11 is 0. The third-order valence-corrected chi connectivity index (χ3v) is 1.31. The van der Waals surface area contributed by atoms with Crippen LogP contribution in [0.4, 0.5) is 0 Å². The molecule has 0 atom stereocenters. The molecule has 0 aliphatic rings. The number of hydrogen-bond donors (Lipinski definition) is 0. The van der Waals surface area contributed by atoms with Gasteiger partial charge in [-0.1, -0.05) is 42.3 Å². The Balaban J connectivity index is 0. The summed E-state index contributed by atoms with van der Waals surface area (Å²) in [6.45, 7) is 3.78. The molecule has 0 aliphatic heterocycles. The molecule has 0 aromatic heterocycles. The molecule has 1 rings (SSSR count). The first kappa shape index (κ1) is 13.8. The first-order valence-electron chi connectivity index (χ1n) is 3.26. The number of hydrogen-bond acceptors (Lipinski definition) is 0. The summed E-state index contributed by atoms with van der Waals surface area (Å²) in [6.07, 6.45) is 2.09. The van der Waals surface area contributed by atoms with Crippen molar-refractivity contribution >= 4 is 23.1 Å². The van der Waals surface area contributed by atoms with Crippen molar-refractivity contribution in [2.75, 3.05) is 0 Å². The van der Waals surface area contributed by atoms with Gasteiger partial charge in [-0.2, -0.15) is 6.42 Å². The van der Waals surface area contributed by atoms with E-state index in [-0.39, 0.29) is 35.5 Å². The van der Waals surface area contributed by atoms with Gasteiger partial charge in [0.2, 0.25) is 0 Å². The molecule has 56 valence electrons. The van der Waals surface area contributed by atoms with Gasteiger partial charge in [0, 0.05) is 0 Å². The average molecular weight is 179 g/mol. The number of aryl methyl sites for hydroxylation is 1. The third kappa shape index (κ3) is 5.54. The van der Waals surface area contributed by atoms with Crippen LogP contribution in [0.3, 0.4) is 0 Å². The fraction of sp³-hybridized carbons (Fsp3) is 0.222. The van der Waals surface area contributed by atoms with E-state index in [0.717, 1.165) is 12.8 Å². The van der Waals surface area contributed by atoms with Gasteiger partial charge in [-0.05, 0) is 0 Å². The first-order valence-corrected chi connectivity index (χ1v) is 3.26. The summed E-state index contributed by atoms with van der Waals surface area (Å²) < 4.78 is 0. The zero-order chi connectivity index (χ0) is 6.53. The molecule has 0 saturated carbocycles. The quantitative estimate of drug-likeness (QED) is 0.406. The summed E-state index contributed by atoms with van der Waals surface area (Å²) in [4.78, 5) is 0. The Kier molecular flexibility index (Phi) is 10.5.